The summed E-state index contributed by atoms with van der Waals surface area (Å²) in [5.74, 6) is 0.308. The van der Waals surface area contributed by atoms with Crippen molar-refractivity contribution in [1.82, 2.24) is 0 Å². The van der Waals surface area contributed by atoms with Crippen LogP contribution in [0.5, 0.6) is 0 Å². The monoisotopic (exact) mass is 230 g/mol. The highest BCUT2D eigenvalue weighted by Crippen LogP contribution is 2.13. The maximum atomic E-state index is 11.6. The standard InChI is InChI=1S/C10H14O4S/c1-7(2)5-15(13)6-9-8(10(11)12)3-4-14-9/h3-4,7H,5-6H2,1-2H3,(H,11,12). The second-order valence-electron chi connectivity index (χ2n) is 3.71. The molecule has 1 aromatic heterocycles. The molecular formula is C10H14O4S. The third-order valence-corrected chi connectivity index (χ3v) is 3.41. The SMILES string of the molecule is CC(C)CS(=O)Cc1occc1C(=O)O. The van der Waals surface area contributed by atoms with Gasteiger partial charge >= 0.3 is 5.97 Å². The van der Waals surface area contributed by atoms with Gasteiger partial charge in [-0.25, -0.2) is 4.79 Å². The van der Waals surface area contributed by atoms with Gasteiger partial charge in [0.05, 0.1) is 12.0 Å². The molecule has 15 heavy (non-hydrogen) atoms. The van der Waals surface area contributed by atoms with E-state index in [0.717, 1.165) is 0 Å². The number of carbonyl (C=O) groups is 1. The number of aromatic carboxylic acids is 1. The van der Waals surface area contributed by atoms with Crippen LogP contribution in [-0.2, 0) is 16.6 Å². The summed E-state index contributed by atoms with van der Waals surface area (Å²) in [7, 11) is -1.06. The van der Waals surface area contributed by atoms with E-state index in [0.29, 0.717) is 17.4 Å². The fourth-order valence-corrected chi connectivity index (χ4v) is 2.60. The summed E-state index contributed by atoms with van der Waals surface area (Å²) in [5.41, 5.74) is 0.104. The first-order valence-corrected chi connectivity index (χ1v) is 6.14. The molecule has 0 amide bonds. The zero-order valence-corrected chi connectivity index (χ0v) is 9.54. The molecule has 0 saturated carbocycles. The van der Waals surface area contributed by atoms with Gasteiger partial charge in [0.2, 0.25) is 0 Å². The molecule has 0 aliphatic rings. The lowest BCUT2D eigenvalue weighted by Gasteiger charge is -2.03. The van der Waals surface area contributed by atoms with Crippen LogP contribution < -0.4 is 0 Å². The maximum Gasteiger partial charge on any atom is 0.339 e. The van der Waals surface area contributed by atoms with E-state index < -0.39 is 16.8 Å². The fraction of sp³-hybridized carbons (Fsp3) is 0.500. The van der Waals surface area contributed by atoms with E-state index in [4.69, 9.17) is 9.52 Å². The van der Waals surface area contributed by atoms with Crippen LogP contribution in [0.15, 0.2) is 16.7 Å². The van der Waals surface area contributed by atoms with Gasteiger partial charge < -0.3 is 9.52 Å². The van der Waals surface area contributed by atoms with Crippen LogP contribution >= 0.6 is 0 Å². The molecule has 0 bridgehead atoms. The lowest BCUT2D eigenvalue weighted by molar-refractivity contribution is 0.0695. The number of carboxylic acid groups (broad SMARTS) is 1. The highest BCUT2D eigenvalue weighted by atomic mass is 32.2. The van der Waals surface area contributed by atoms with Crippen LogP contribution in [0.4, 0.5) is 0 Å². The Morgan fingerprint density at radius 1 is 1.60 bits per heavy atom. The topological polar surface area (TPSA) is 67.5 Å². The van der Waals surface area contributed by atoms with Crippen molar-refractivity contribution in [2.45, 2.75) is 19.6 Å². The van der Waals surface area contributed by atoms with E-state index >= 15 is 0 Å². The van der Waals surface area contributed by atoms with Gasteiger partial charge in [-0.05, 0) is 12.0 Å². The molecule has 1 unspecified atom stereocenters. The molecule has 0 aliphatic carbocycles. The fourth-order valence-electron chi connectivity index (χ4n) is 1.22. The molecule has 0 spiro atoms. The third-order valence-electron chi connectivity index (χ3n) is 1.79. The summed E-state index contributed by atoms with van der Waals surface area (Å²) in [6, 6.07) is 1.38. The predicted octanol–water partition coefficient (Wildman–Crippen LogP) is 1.88. The number of furan rings is 1. The van der Waals surface area contributed by atoms with Gasteiger partial charge in [-0.3, -0.25) is 4.21 Å². The van der Waals surface area contributed by atoms with Crippen LogP contribution in [0, 0.1) is 5.92 Å². The Kier molecular flexibility index (Phi) is 4.08. The highest BCUT2D eigenvalue weighted by molar-refractivity contribution is 7.84. The van der Waals surface area contributed by atoms with Gasteiger partial charge in [-0.2, -0.15) is 0 Å². The van der Waals surface area contributed by atoms with Gasteiger partial charge in [0, 0.05) is 16.6 Å². The third kappa shape index (κ3) is 3.51. The Morgan fingerprint density at radius 3 is 2.80 bits per heavy atom. The molecule has 0 radical (unpaired) electrons. The molecule has 4 nitrogen and oxygen atoms in total. The maximum absolute atomic E-state index is 11.6. The van der Waals surface area contributed by atoms with Gasteiger partial charge in [-0.1, -0.05) is 13.8 Å². The Morgan fingerprint density at radius 2 is 2.27 bits per heavy atom. The highest BCUT2D eigenvalue weighted by Gasteiger charge is 2.16. The Hall–Kier alpha value is -1.10. The van der Waals surface area contributed by atoms with Crippen molar-refractivity contribution >= 4 is 16.8 Å². The van der Waals surface area contributed by atoms with Gasteiger partial charge in [0.15, 0.2) is 0 Å². The summed E-state index contributed by atoms with van der Waals surface area (Å²) in [4.78, 5) is 10.7. The first-order valence-electron chi connectivity index (χ1n) is 4.65. The van der Waals surface area contributed by atoms with Crippen LogP contribution in [0.25, 0.3) is 0 Å². The van der Waals surface area contributed by atoms with E-state index in [9.17, 15) is 9.00 Å². The molecule has 1 rings (SSSR count). The first kappa shape index (κ1) is 12.0. The van der Waals surface area contributed by atoms with Gasteiger partial charge in [0.1, 0.15) is 11.3 Å². The minimum absolute atomic E-state index is 0.104. The molecule has 5 heteroatoms. The number of hydrogen-bond acceptors (Lipinski definition) is 3. The molecule has 1 N–H and O–H groups in total. The van der Waals surface area contributed by atoms with E-state index in [-0.39, 0.29) is 11.3 Å². The van der Waals surface area contributed by atoms with Crippen molar-refractivity contribution in [3.05, 3.63) is 23.7 Å². The summed E-state index contributed by atoms with van der Waals surface area (Å²) in [6.45, 7) is 3.94. The molecule has 0 aromatic carbocycles. The van der Waals surface area contributed by atoms with E-state index in [1.165, 1.54) is 12.3 Å². The average molecular weight is 230 g/mol. The van der Waals surface area contributed by atoms with Crippen molar-refractivity contribution in [3.8, 4) is 0 Å². The largest absolute Gasteiger partial charge is 0.478 e. The second kappa shape index (κ2) is 5.11. The van der Waals surface area contributed by atoms with Gasteiger partial charge in [0.25, 0.3) is 0 Å². The van der Waals surface area contributed by atoms with Crippen LogP contribution in [0.1, 0.15) is 30.0 Å². The minimum Gasteiger partial charge on any atom is -0.478 e. The Bertz CT molecular complexity index is 367. The minimum atomic E-state index is -1.06. The van der Waals surface area contributed by atoms with Gasteiger partial charge in [-0.15, -0.1) is 0 Å². The first-order chi connectivity index (χ1) is 7.00. The molecule has 0 fully saturated rings. The zero-order valence-electron chi connectivity index (χ0n) is 8.73. The van der Waals surface area contributed by atoms with E-state index in [1.807, 2.05) is 13.8 Å². The predicted molar refractivity (Wildman–Crippen MR) is 57.2 cm³/mol. The van der Waals surface area contributed by atoms with Crippen molar-refractivity contribution in [2.24, 2.45) is 5.92 Å². The van der Waals surface area contributed by atoms with E-state index in [2.05, 4.69) is 0 Å². The Labute approximate surface area is 90.7 Å². The number of hydrogen-bond donors (Lipinski definition) is 1. The van der Waals surface area contributed by atoms with Crippen molar-refractivity contribution in [3.63, 3.8) is 0 Å². The molecule has 1 heterocycles. The van der Waals surface area contributed by atoms with Crippen molar-refractivity contribution in [2.75, 3.05) is 5.75 Å². The number of rotatable bonds is 5. The summed E-state index contributed by atoms with van der Waals surface area (Å²) < 4.78 is 16.6. The normalized spacial score (nSPS) is 13.0. The van der Waals surface area contributed by atoms with Crippen LogP contribution in [-0.4, -0.2) is 21.0 Å². The molecule has 1 aromatic rings. The lowest BCUT2D eigenvalue weighted by atomic mass is 10.3. The lowest BCUT2D eigenvalue weighted by Crippen LogP contribution is -2.08. The van der Waals surface area contributed by atoms with Crippen LogP contribution in [0.2, 0.25) is 0 Å². The molecule has 1 atom stereocenters. The number of carboxylic acids is 1. The summed E-state index contributed by atoms with van der Waals surface area (Å²) in [6.07, 6.45) is 1.31. The molecule has 0 saturated heterocycles. The van der Waals surface area contributed by atoms with Crippen LogP contribution in [0.3, 0.4) is 0 Å². The molecular weight excluding hydrogens is 216 g/mol. The molecule has 0 aliphatic heterocycles. The molecule has 84 valence electrons. The summed E-state index contributed by atoms with van der Waals surface area (Å²) >= 11 is 0. The van der Waals surface area contributed by atoms with Crippen molar-refractivity contribution in [1.29, 1.82) is 0 Å². The summed E-state index contributed by atoms with van der Waals surface area (Å²) in [5, 5.41) is 8.79. The van der Waals surface area contributed by atoms with Crippen molar-refractivity contribution < 1.29 is 18.5 Å². The second-order valence-corrected chi connectivity index (χ2v) is 5.21. The average Bonchev–Trinajstić information content (AvgIpc) is 2.50. The smallest absolute Gasteiger partial charge is 0.339 e. The van der Waals surface area contributed by atoms with E-state index in [1.54, 1.807) is 0 Å². The Balaban J connectivity index is 2.68. The quantitative estimate of drug-likeness (QED) is 0.838. The zero-order chi connectivity index (χ0) is 11.4.